The van der Waals surface area contributed by atoms with Crippen LogP contribution in [0.25, 0.3) is 22.3 Å². The predicted molar refractivity (Wildman–Crippen MR) is 144 cm³/mol. The highest BCUT2D eigenvalue weighted by Crippen LogP contribution is 2.34. The van der Waals surface area contributed by atoms with E-state index in [1.165, 1.54) is 11.1 Å². The zero-order valence-corrected chi connectivity index (χ0v) is 20.0. The van der Waals surface area contributed by atoms with Gasteiger partial charge in [-0.15, -0.1) is 0 Å². The molecule has 35 heavy (non-hydrogen) atoms. The van der Waals surface area contributed by atoms with Crippen LogP contribution in [0, 0.1) is 0 Å². The van der Waals surface area contributed by atoms with Gasteiger partial charge in [0.15, 0.2) is 0 Å². The van der Waals surface area contributed by atoms with Crippen molar-refractivity contribution in [3.8, 4) is 22.3 Å². The molecule has 0 aromatic heterocycles. The van der Waals surface area contributed by atoms with E-state index in [0.717, 1.165) is 46.6 Å². The molecule has 0 atom stereocenters. The average Bonchev–Trinajstić information content (AvgIpc) is 2.90. The lowest BCUT2D eigenvalue weighted by Gasteiger charge is -2.13. The Labute approximate surface area is 209 Å². The van der Waals surface area contributed by atoms with Gasteiger partial charge in [-0.1, -0.05) is 84.9 Å². The van der Waals surface area contributed by atoms with E-state index in [4.69, 9.17) is 0 Å². The molecule has 0 spiro atoms. The Balaban J connectivity index is 1.42. The monoisotopic (exact) mass is 476 g/mol. The molecule has 0 aliphatic carbocycles. The number of isocyanates is 2. The molecule has 0 amide bonds. The van der Waals surface area contributed by atoms with Crippen molar-refractivity contribution in [1.82, 2.24) is 0 Å². The van der Waals surface area contributed by atoms with E-state index in [9.17, 15) is 9.59 Å². The SMILES string of the molecule is O=C=Nc1ccccc1-c1ccccc1CCSCCc1ccccc1-c1ccccc1N=C=O. The van der Waals surface area contributed by atoms with Crippen molar-refractivity contribution >= 4 is 35.3 Å². The second kappa shape index (κ2) is 12.5. The molecule has 4 aromatic carbocycles. The molecule has 0 saturated carbocycles. The van der Waals surface area contributed by atoms with Gasteiger partial charge in [-0.2, -0.15) is 21.7 Å². The number of rotatable bonds is 10. The summed E-state index contributed by atoms with van der Waals surface area (Å²) in [4.78, 5) is 29.5. The van der Waals surface area contributed by atoms with Gasteiger partial charge in [0.1, 0.15) is 0 Å². The van der Waals surface area contributed by atoms with Gasteiger partial charge in [0, 0.05) is 11.1 Å². The smallest absolute Gasteiger partial charge is 0.211 e. The summed E-state index contributed by atoms with van der Waals surface area (Å²) in [6.07, 6.45) is 5.15. The minimum atomic E-state index is 0.637. The first-order valence-electron chi connectivity index (χ1n) is 11.4. The molecule has 0 saturated heterocycles. The van der Waals surface area contributed by atoms with Gasteiger partial charge in [-0.05, 0) is 58.7 Å². The number of benzene rings is 4. The number of aliphatic imine (C=N–C) groups is 2. The Kier molecular flexibility index (Phi) is 8.58. The lowest BCUT2D eigenvalue weighted by Crippen LogP contribution is -1.97. The van der Waals surface area contributed by atoms with Gasteiger partial charge in [-0.25, -0.2) is 9.59 Å². The molecule has 0 aliphatic rings. The minimum absolute atomic E-state index is 0.637. The Morgan fingerprint density at radius 3 is 1.31 bits per heavy atom. The highest BCUT2D eigenvalue weighted by Gasteiger charge is 2.10. The van der Waals surface area contributed by atoms with Crippen LogP contribution in [0.3, 0.4) is 0 Å². The van der Waals surface area contributed by atoms with Crippen LogP contribution in [0.5, 0.6) is 0 Å². The van der Waals surface area contributed by atoms with Crippen molar-refractivity contribution in [2.24, 2.45) is 9.98 Å². The van der Waals surface area contributed by atoms with Gasteiger partial charge < -0.3 is 0 Å². The highest BCUT2D eigenvalue weighted by molar-refractivity contribution is 7.99. The van der Waals surface area contributed by atoms with Crippen molar-refractivity contribution in [3.05, 3.63) is 108 Å². The lowest BCUT2D eigenvalue weighted by atomic mass is 9.97. The minimum Gasteiger partial charge on any atom is -0.211 e. The fourth-order valence-electron chi connectivity index (χ4n) is 4.16. The Morgan fingerprint density at radius 2 is 0.886 bits per heavy atom. The van der Waals surface area contributed by atoms with E-state index < -0.39 is 0 Å². The summed E-state index contributed by atoms with van der Waals surface area (Å²) >= 11 is 1.91. The summed E-state index contributed by atoms with van der Waals surface area (Å²) in [7, 11) is 0. The zero-order chi connectivity index (χ0) is 24.3. The van der Waals surface area contributed by atoms with Crippen LogP contribution in [0.15, 0.2) is 107 Å². The van der Waals surface area contributed by atoms with E-state index in [0.29, 0.717) is 11.4 Å². The third kappa shape index (κ3) is 6.11. The van der Waals surface area contributed by atoms with Crippen LogP contribution in [0.1, 0.15) is 11.1 Å². The summed E-state index contributed by atoms with van der Waals surface area (Å²) in [5.41, 5.74) is 7.82. The zero-order valence-electron chi connectivity index (χ0n) is 19.2. The second-order valence-corrected chi connectivity index (χ2v) is 9.09. The summed E-state index contributed by atoms with van der Waals surface area (Å²) in [5, 5.41) is 0. The van der Waals surface area contributed by atoms with Gasteiger partial charge in [0.25, 0.3) is 0 Å². The predicted octanol–water partition coefficient (Wildman–Crippen LogP) is 7.47. The van der Waals surface area contributed by atoms with Crippen molar-refractivity contribution in [2.45, 2.75) is 12.8 Å². The number of thioether (sulfide) groups is 1. The van der Waals surface area contributed by atoms with E-state index in [-0.39, 0.29) is 0 Å². The summed E-state index contributed by atoms with van der Waals surface area (Å²) in [6.45, 7) is 0. The molecular formula is C30H24N2O2S. The van der Waals surface area contributed by atoms with E-state index in [1.54, 1.807) is 12.2 Å². The second-order valence-electron chi connectivity index (χ2n) is 7.87. The molecule has 0 heterocycles. The van der Waals surface area contributed by atoms with E-state index in [1.807, 2.05) is 84.6 Å². The van der Waals surface area contributed by atoms with Crippen LogP contribution >= 0.6 is 11.8 Å². The fraction of sp³-hybridized carbons (Fsp3) is 0.133. The maximum Gasteiger partial charge on any atom is 0.240 e. The van der Waals surface area contributed by atoms with Gasteiger partial charge in [-0.3, -0.25) is 0 Å². The molecule has 172 valence electrons. The van der Waals surface area contributed by atoms with Gasteiger partial charge >= 0.3 is 0 Å². The van der Waals surface area contributed by atoms with Crippen molar-refractivity contribution in [3.63, 3.8) is 0 Å². The number of carbonyl (C=O) groups excluding carboxylic acids is 2. The summed E-state index contributed by atoms with van der Waals surface area (Å²) in [5.74, 6) is 1.95. The van der Waals surface area contributed by atoms with Crippen molar-refractivity contribution in [2.75, 3.05) is 11.5 Å². The fourth-order valence-corrected chi connectivity index (χ4v) is 5.10. The quantitative estimate of drug-likeness (QED) is 0.135. The standard InChI is InChI=1S/C30H24N2O2S/c33-21-31-29-15-7-5-13-27(29)25-11-3-1-9-23(25)17-19-35-20-18-24-10-2-4-12-26(24)28-14-6-8-16-30(28)32-22-34/h1-16H,17-20H2. The number of nitrogens with zero attached hydrogens (tertiary/aromatic N) is 2. The van der Waals surface area contributed by atoms with Crippen molar-refractivity contribution < 1.29 is 9.59 Å². The van der Waals surface area contributed by atoms with Crippen LogP contribution in [0.2, 0.25) is 0 Å². The average molecular weight is 477 g/mol. The first-order chi connectivity index (χ1) is 17.3. The van der Waals surface area contributed by atoms with Crippen LogP contribution < -0.4 is 0 Å². The van der Waals surface area contributed by atoms with Crippen LogP contribution in [-0.4, -0.2) is 23.7 Å². The third-order valence-electron chi connectivity index (χ3n) is 5.79. The van der Waals surface area contributed by atoms with E-state index >= 15 is 0 Å². The Bertz CT molecular complexity index is 1300. The summed E-state index contributed by atoms with van der Waals surface area (Å²) < 4.78 is 0. The largest absolute Gasteiger partial charge is 0.240 e. The normalized spacial score (nSPS) is 10.3. The molecule has 0 N–H and O–H groups in total. The highest BCUT2D eigenvalue weighted by atomic mass is 32.2. The Morgan fingerprint density at radius 1 is 0.514 bits per heavy atom. The topological polar surface area (TPSA) is 58.9 Å². The maximum absolute atomic E-state index is 10.9. The molecular weight excluding hydrogens is 452 g/mol. The molecule has 4 aromatic rings. The van der Waals surface area contributed by atoms with E-state index in [2.05, 4.69) is 34.3 Å². The molecule has 0 radical (unpaired) electrons. The lowest BCUT2D eigenvalue weighted by molar-refractivity contribution is 0.564. The third-order valence-corrected chi connectivity index (χ3v) is 6.77. The molecule has 0 aliphatic heterocycles. The molecule has 4 rings (SSSR count). The molecule has 0 unspecified atom stereocenters. The van der Waals surface area contributed by atoms with Crippen LogP contribution in [0.4, 0.5) is 11.4 Å². The Hall–Kier alpha value is -4.01. The van der Waals surface area contributed by atoms with Crippen LogP contribution in [-0.2, 0) is 22.4 Å². The van der Waals surface area contributed by atoms with Gasteiger partial charge in [0.2, 0.25) is 12.2 Å². The van der Waals surface area contributed by atoms with Gasteiger partial charge in [0.05, 0.1) is 11.4 Å². The van der Waals surface area contributed by atoms with Crippen molar-refractivity contribution in [1.29, 1.82) is 0 Å². The molecule has 0 bridgehead atoms. The maximum atomic E-state index is 10.9. The first kappa shape index (κ1) is 24.1. The molecule has 5 heteroatoms. The number of hydrogen-bond donors (Lipinski definition) is 0. The first-order valence-corrected chi connectivity index (χ1v) is 12.6. The number of hydrogen-bond acceptors (Lipinski definition) is 5. The number of aryl methyl sites for hydroxylation is 2. The summed E-state index contributed by atoms with van der Waals surface area (Å²) in [6, 6.07) is 31.9. The molecule has 4 nitrogen and oxygen atoms in total. The number of para-hydroxylation sites is 2. The molecule has 0 fully saturated rings.